The molecule has 0 fully saturated rings. The topological polar surface area (TPSA) is 46.0 Å². The fourth-order valence-electron chi connectivity index (χ4n) is 2.07. The molecule has 21 heavy (non-hydrogen) atoms. The lowest BCUT2D eigenvalue weighted by Crippen LogP contribution is -1.94. The second kappa shape index (κ2) is 5.81. The molecule has 0 aliphatic rings. The van der Waals surface area contributed by atoms with Gasteiger partial charge in [-0.1, -0.05) is 24.3 Å². The van der Waals surface area contributed by atoms with E-state index in [4.69, 9.17) is 0 Å². The Kier molecular flexibility index (Phi) is 3.88. The van der Waals surface area contributed by atoms with Crippen molar-refractivity contribution in [1.82, 2.24) is 9.97 Å². The smallest absolute Gasteiger partial charge is 0.125 e. The first-order valence-electron chi connectivity index (χ1n) is 6.53. The summed E-state index contributed by atoms with van der Waals surface area (Å²) in [6, 6.07) is 15.4. The number of hydrogen-bond acceptors (Lipinski definition) is 3. The molecule has 1 heterocycles. The Balaban J connectivity index is 2.05. The van der Waals surface area contributed by atoms with Gasteiger partial charge in [-0.25, -0.2) is 9.97 Å². The molecule has 4 heteroatoms. The van der Waals surface area contributed by atoms with Crippen molar-refractivity contribution in [1.29, 1.82) is 0 Å². The summed E-state index contributed by atoms with van der Waals surface area (Å²) >= 11 is 2.23. The number of halogens is 1. The van der Waals surface area contributed by atoms with Gasteiger partial charge in [0.25, 0.3) is 0 Å². The molecule has 0 aliphatic heterocycles. The lowest BCUT2D eigenvalue weighted by Gasteiger charge is -2.05. The number of fused-ring (bicyclic) bond motifs is 1. The van der Waals surface area contributed by atoms with E-state index in [1.54, 1.807) is 6.08 Å². The number of nitrogens with zero attached hydrogens (tertiary/aromatic N) is 2. The Morgan fingerprint density at radius 2 is 1.62 bits per heavy atom. The van der Waals surface area contributed by atoms with E-state index < -0.39 is 0 Å². The zero-order valence-corrected chi connectivity index (χ0v) is 13.6. The number of aliphatic hydroxyl groups is 1. The average Bonchev–Trinajstić information content (AvgIpc) is 2.48. The Morgan fingerprint density at radius 1 is 1.00 bits per heavy atom. The summed E-state index contributed by atoms with van der Waals surface area (Å²) in [5.41, 5.74) is 3.94. The molecule has 0 aliphatic carbocycles. The van der Waals surface area contributed by atoms with Crippen LogP contribution in [0, 0.1) is 10.5 Å². The molecule has 3 aromatic rings. The summed E-state index contributed by atoms with van der Waals surface area (Å²) in [5, 5.41) is 10.3. The first kappa shape index (κ1) is 14.0. The Hall–Kier alpha value is -1.95. The van der Waals surface area contributed by atoms with Crippen LogP contribution >= 0.6 is 22.6 Å². The maximum atomic E-state index is 10.3. The van der Waals surface area contributed by atoms with Gasteiger partial charge >= 0.3 is 0 Å². The highest BCUT2D eigenvalue weighted by molar-refractivity contribution is 14.1. The van der Waals surface area contributed by atoms with Crippen molar-refractivity contribution in [2.75, 3.05) is 0 Å². The van der Waals surface area contributed by atoms with E-state index in [-0.39, 0.29) is 5.76 Å². The molecule has 3 nitrogen and oxygen atoms in total. The molecule has 1 N–H and O–H groups in total. The molecular weight excluding hydrogens is 375 g/mol. The molecule has 0 radical (unpaired) electrons. The zero-order chi connectivity index (χ0) is 14.8. The molecule has 0 atom stereocenters. The molecule has 0 unspecified atom stereocenters. The molecule has 1 aromatic heterocycles. The minimum atomic E-state index is 0.194. The van der Waals surface area contributed by atoms with Crippen LogP contribution in [0.4, 0.5) is 0 Å². The van der Waals surface area contributed by atoms with Crippen molar-refractivity contribution in [3.05, 3.63) is 69.1 Å². The predicted molar refractivity (Wildman–Crippen MR) is 93.9 cm³/mol. The second-order valence-corrected chi connectivity index (χ2v) is 5.97. The molecule has 0 saturated carbocycles. The summed E-state index contributed by atoms with van der Waals surface area (Å²) in [4.78, 5) is 9.07. The van der Waals surface area contributed by atoms with Gasteiger partial charge in [-0.3, -0.25) is 0 Å². The van der Waals surface area contributed by atoms with Gasteiger partial charge in [0, 0.05) is 15.2 Å². The fourth-order valence-corrected chi connectivity index (χ4v) is 2.43. The van der Waals surface area contributed by atoms with Crippen LogP contribution in [0.3, 0.4) is 0 Å². The van der Waals surface area contributed by atoms with Gasteiger partial charge in [-0.15, -0.1) is 0 Å². The third-order valence-electron chi connectivity index (χ3n) is 3.19. The maximum Gasteiger partial charge on any atom is 0.125 e. The number of aliphatic hydroxyl groups excluding tert-OH is 1. The lowest BCUT2D eigenvalue weighted by molar-refractivity contribution is 0.515. The van der Waals surface area contributed by atoms with Crippen LogP contribution in [-0.2, 0) is 0 Å². The average molecular weight is 388 g/mol. The monoisotopic (exact) mass is 388 g/mol. The normalized spacial score (nSPS) is 11.8. The first-order chi connectivity index (χ1) is 10.1. The largest absolute Gasteiger partial charge is 0.507 e. The Labute approximate surface area is 136 Å². The van der Waals surface area contributed by atoms with Crippen molar-refractivity contribution in [3.63, 3.8) is 0 Å². The maximum absolute atomic E-state index is 10.3. The van der Waals surface area contributed by atoms with Gasteiger partial charge in [-0.05, 0) is 53.8 Å². The van der Waals surface area contributed by atoms with Crippen molar-refractivity contribution in [2.24, 2.45) is 0 Å². The van der Waals surface area contributed by atoms with E-state index in [0.29, 0.717) is 5.69 Å². The van der Waals surface area contributed by atoms with Crippen molar-refractivity contribution in [2.45, 2.75) is 6.92 Å². The standard InChI is InChI=1S/C17H13IN2O/c1-11-16(20-15-5-3-2-4-14(15)19-11)10-17(21)12-6-8-13(18)9-7-12/h2-10,21H,1H3/b17-10-. The minimum absolute atomic E-state index is 0.194. The van der Waals surface area contributed by atoms with Crippen LogP contribution in [0.1, 0.15) is 17.0 Å². The third kappa shape index (κ3) is 3.05. The molecule has 0 bridgehead atoms. The number of hydrogen-bond donors (Lipinski definition) is 1. The van der Waals surface area contributed by atoms with E-state index >= 15 is 0 Å². The summed E-state index contributed by atoms with van der Waals surface area (Å²) in [5.74, 6) is 0.194. The van der Waals surface area contributed by atoms with Gasteiger partial charge in [-0.2, -0.15) is 0 Å². The number of aromatic nitrogens is 2. The van der Waals surface area contributed by atoms with E-state index in [1.165, 1.54) is 0 Å². The molecule has 0 amide bonds. The summed E-state index contributed by atoms with van der Waals surface area (Å²) in [6.45, 7) is 1.90. The predicted octanol–water partition coefficient (Wildman–Crippen LogP) is 4.60. The first-order valence-corrected chi connectivity index (χ1v) is 7.61. The van der Waals surface area contributed by atoms with Gasteiger partial charge in [0.2, 0.25) is 0 Å². The summed E-state index contributed by atoms with van der Waals surface area (Å²) < 4.78 is 1.13. The molecule has 3 rings (SSSR count). The SMILES string of the molecule is Cc1nc2ccccc2nc1/C=C(\O)c1ccc(I)cc1. The van der Waals surface area contributed by atoms with E-state index in [0.717, 1.165) is 25.9 Å². The van der Waals surface area contributed by atoms with Crippen LogP contribution in [-0.4, -0.2) is 15.1 Å². The lowest BCUT2D eigenvalue weighted by atomic mass is 10.1. The van der Waals surface area contributed by atoms with E-state index in [2.05, 4.69) is 32.6 Å². The molecular formula is C17H13IN2O. The van der Waals surface area contributed by atoms with Crippen LogP contribution < -0.4 is 0 Å². The second-order valence-electron chi connectivity index (χ2n) is 4.72. The van der Waals surface area contributed by atoms with Gasteiger partial charge in [0.05, 0.1) is 22.4 Å². The number of para-hydroxylation sites is 2. The minimum Gasteiger partial charge on any atom is -0.507 e. The van der Waals surface area contributed by atoms with Crippen molar-refractivity contribution < 1.29 is 5.11 Å². The third-order valence-corrected chi connectivity index (χ3v) is 3.91. The number of rotatable bonds is 2. The summed E-state index contributed by atoms with van der Waals surface area (Å²) in [7, 11) is 0. The number of aryl methyl sites for hydroxylation is 1. The highest BCUT2D eigenvalue weighted by Crippen LogP contribution is 2.19. The highest BCUT2D eigenvalue weighted by Gasteiger charge is 2.05. The zero-order valence-electron chi connectivity index (χ0n) is 11.4. The number of benzene rings is 2. The van der Waals surface area contributed by atoms with E-state index in [1.807, 2.05) is 55.5 Å². The van der Waals surface area contributed by atoms with Gasteiger partial charge in [0.1, 0.15) is 5.76 Å². The van der Waals surface area contributed by atoms with Crippen LogP contribution in [0.15, 0.2) is 48.5 Å². The molecule has 104 valence electrons. The summed E-state index contributed by atoms with van der Waals surface area (Å²) in [6.07, 6.45) is 1.66. The van der Waals surface area contributed by atoms with E-state index in [9.17, 15) is 5.11 Å². The van der Waals surface area contributed by atoms with Crippen molar-refractivity contribution in [3.8, 4) is 0 Å². The van der Waals surface area contributed by atoms with Crippen LogP contribution in [0.25, 0.3) is 22.9 Å². The Morgan fingerprint density at radius 3 is 2.29 bits per heavy atom. The molecule has 2 aromatic carbocycles. The quantitative estimate of drug-likeness (QED) is 0.516. The van der Waals surface area contributed by atoms with Gasteiger partial charge < -0.3 is 5.11 Å². The molecule has 0 saturated heterocycles. The van der Waals surface area contributed by atoms with Gasteiger partial charge in [0.15, 0.2) is 0 Å². The molecule has 0 spiro atoms. The van der Waals surface area contributed by atoms with Crippen LogP contribution in [0.2, 0.25) is 0 Å². The van der Waals surface area contributed by atoms with Crippen LogP contribution in [0.5, 0.6) is 0 Å². The highest BCUT2D eigenvalue weighted by atomic mass is 127. The Bertz CT molecular complexity index is 826. The van der Waals surface area contributed by atoms with Crippen molar-refractivity contribution >= 4 is 45.5 Å². The fraction of sp³-hybridized carbons (Fsp3) is 0.0588.